The first-order valence-electron chi connectivity index (χ1n) is 7.09. The molecule has 22 heavy (non-hydrogen) atoms. The van der Waals surface area contributed by atoms with Crippen molar-refractivity contribution in [3.05, 3.63) is 29.2 Å². The van der Waals surface area contributed by atoms with E-state index in [1.54, 1.807) is 30.8 Å². The van der Waals surface area contributed by atoms with Gasteiger partial charge in [-0.25, -0.2) is 8.42 Å². The average Bonchev–Trinajstić information content (AvgIpc) is 2.95. The molecule has 0 unspecified atom stereocenters. The topological polar surface area (TPSA) is 93.3 Å². The van der Waals surface area contributed by atoms with Crippen molar-refractivity contribution in [1.29, 1.82) is 0 Å². The Bertz CT molecular complexity index is 793. The first-order valence-corrected chi connectivity index (χ1v) is 8.53. The summed E-state index contributed by atoms with van der Waals surface area (Å²) < 4.78 is 30.3. The van der Waals surface area contributed by atoms with Gasteiger partial charge in [-0.15, -0.1) is 0 Å². The second kappa shape index (κ2) is 5.49. The van der Waals surface area contributed by atoms with Crippen molar-refractivity contribution >= 4 is 10.0 Å². The van der Waals surface area contributed by atoms with Gasteiger partial charge in [0.25, 0.3) is 10.0 Å². The lowest BCUT2D eigenvalue weighted by molar-refractivity contribution is 0.275. The van der Waals surface area contributed by atoms with E-state index in [9.17, 15) is 13.5 Å². The molecule has 2 aromatic rings. The molecule has 2 aromatic heterocycles. The predicted molar refractivity (Wildman–Crippen MR) is 78.3 cm³/mol. The molecule has 9 heteroatoms. The molecule has 0 amide bonds. The van der Waals surface area contributed by atoms with Crippen LogP contribution in [0, 0.1) is 6.92 Å². The summed E-state index contributed by atoms with van der Waals surface area (Å²) in [6.07, 6.45) is 0.676. The number of hydrogen-bond donors (Lipinski definition) is 1. The van der Waals surface area contributed by atoms with Crippen LogP contribution in [-0.2, 0) is 36.8 Å². The molecule has 8 nitrogen and oxygen atoms in total. The monoisotopic (exact) mass is 325 g/mol. The maximum atomic E-state index is 12.8. The molecule has 120 valence electrons. The number of aliphatic hydroxyl groups excluding tert-OH is 1. The highest BCUT2D eigenvalue weighted by Gasteiger charge is 2.30. The normalized spacial score (nSPS) is 16.5. The lowest BCUT2D eigenvalue weighted by Gasteiger charge is -2.19. The van der Waals surface area contributed by atoms with Gasteiger partial charge < -0.3 is 5.11 Å². The fourth-order valence-corrected chi connectivity index (χ4v) is 4.37. The van der Waals surface area contributed by atoms with Gasteiger partial charge >= 0.3 is 0 Å². The van der Waals surface area contributed by atoms with Crippen LogP contribution in [0.1, 0.15) is 23.5 Å². The van der Waals surface area contributed by atoms with Gasteiger partial charge in [-0.3, -0.25) is 9.36 Å². The Morgan fingerprint density at radius 2 is 2.05 bits per heavy atom. The molecule has 3 rings (SSSR count). The third kappa shape index (κ3) is 2.55. The molecule has 0 atom stereocenters. The molecule has 0 aliphatic carbocycles. The number of aliphatic hydroxyl groups is 1. The van der Waals surface area contributed by atoms with Gasteiger partial charge in [0.15, 0.2) is 5.03 Å². The smallest absolute Gasteiger partial charge is 0.260 e. The zero-order valence-corrected chi connectivity index (χ0v) is 13.4. The van der Waals surface area contributed by atoms with Gasteiger partial charge in [-0.1, -0.05) is 0 Å². The predicted octanol–water partition coefficient (Wildman–Crippen LogP) is 0.0119. The number of aryl methyl sites for hydroxylation is 3. The minimum absolute atomic E-state index is 0.145. The summed E-state index contributed by atoms with van der Waals surface area (Å²) in [6.45, 7) is 2.95. The van der Waals surface area contributed by atoms with Crippen molar-refractivity contribution in [3.8, 4) is 0 Å². The molecule has 0 saturated carbocycles. The van der Waals surface area contributed by atoms with E-state index in [-0.39, 0.29) is 18.2 Å². The van der Waals surface area contributed by atoms with Crippen LogP contribution in [0.4, 0.5) is 0 Å². The van der Waals surface area contributed by atoms with E-state index in [1.165, 1.54) is 8.99 Å². The number of fused-ring (bicyclic) bond motifs is 1. The Balaban J connectivity index is 1.96. The molecule has 0 radical (unpaired) electrons. The summed E-state index contributed by atoms with van der Waals surface area (Å²) in [5.74, 6) is 0. The van der Waals surface area contributed by atoms with E-state index in [0.717, 1.165) is 5.69 Å². The number of aromatic nitrogens is 4. The highest BCUT2D eigenvalue weighted by atomic mass is 32.2. The lowest BCUT2D eigenvalue weighted by atomic mass is 10.3. The van der Waals surface area contributed by atoms with Crippen LogP contribution < -0.4 is 0 Å². The Morgan fingerprint density at radius 3 is 2.68 bits per heavy atom. The van der Waals surface area contributed by atoms with E-state index in [4.69, 9.17) is 0 Å². The highest BCUT2D eigenvalue weighted by molar-refractivity contribution is 7.89. The third-order valence-electron chi connectivity index (χ3n) is 3.75. The number of hydrogen-bond acceptors (Lipinski definition) is 5. The maximum Gasteiger partial charge on any atom is 0.260 e. The van der Waals surface area contributed by atoms with Crippen molar-refractivity contribution in [2.45, 2.75) is 38.1 Å². The van der Waals surface area contributed by atoms with E-state index in [1.807, 2.05) is 0 Å². The molecular weight excluding hydrogens is 306 g/mol. The molecule has 1 N–H and O–H groups in total. The van der Waals surface area contributed by atoms with Crippen LogP contribution in [0.3, 0.4) is 0 Å². The van der Waals surface area contributed by atoms with Gasteiger partial charge in [-0.2, -0.15) is 14.5 Å². The second-order valence-corrected chi connectivity index (χ2v) is 7.33. The van der Waals surface area contributed by atoms with Crippen LogP contribution in [0.5, 0.6) is 0 Å². The second-order valence-electron chi connectivity index (χ2n) is 5.45. The van der Waals surface area contributed by atoms with Crippen LogP contribution >= 0.6 is 0 Å². The minimum atomic E-state index is -3.61. The Labute approximate surface area is 129 Å². The fraction of sp³-hybridized carbons (Fsp3) is 0.538. The third-order valence-corrected chi connectivity index (χ3v) is 5.66. The standard InChI is InChI=1S/C13H19N5O3S/c1-10-6-13(16(2)14-10)22(20,21)17-4-3-5-18-12(8-17)7-11(9-19)15-18/h6-7,19H,3-5,8-9H2,1-2H3. The first-order chi connectivity index (χ1) is 10.4. The van der Waals surface area contributed by atoms with Gasteiger partial charge in [0, 0.05) is 20.1 Å². The van der Waals surface area contributed by atoms with Crippen molar-refractivity contribution in [3.63, 3.8) is 0 Å². The van der Waals surface area contributed by atoms with E-state index < -0.39 is 10.0 Å². The van der Waals surface area contributed by atoms with Crippen molar-refractivity contribution < 1.29 is 13.5 Å². The lowest BCUT2D eigenvalue weighted by Crippen LogP contribution is -2.32. The summed E-state index contributed by atoms with van der Waals surface area (Å²) in [4.78, 5) is 0. The maximum absolute atomic E-state index is 12.8. The van der Waals surface area contributed by atoms with Gasteiger partial charge in [0.1, 0.15) is 0 Å². The summed E-state index contributed by atoms with van der Waals surface area (Å²) >= 11 is 0. The van der Waals surface area contributed by atoms with Crippen molar-refractivity contribution in [2.24, 2.45) is 7.05 Å². The first kappa shape index (κ1) is 15.2. The number of sulfonamides is 1. The molecule has 0 bridgehead atoms. The summed E-state index contributed by atoms with van der Waals surface area (Å²) in [6, 6.07) is 3.33. The summed E-state index contributed by atoms with van der Waals surface area (Å²) in [7, 11) is -1.97. The fourth-order valence-electron chi connectivity index (χ4n) is 2.74. The van der Waals surface area contributed by atoms with Crippen LogP contribution in [-0.4, -0.2) is 43.9 Å². The van der Waals surface area contributed by atoms with Crippen molar-refractivity contribution in [1.82, 2.24) is 23.9 Å². The van der Waals surface area contributed by atoms with E-state index in [0.29, 0.717) is 30.9 Å². The minimum Gasteiger partial charge on any atom is -0.390 e. The molecule has 3 heterocycles. The van der Waals surface area contributed by atoms with Gasteiger partial charge in [0.2, 0.25) is 0 Å². The molecule has 0 aromatic carbocycles. The van der Waals surface area contributed by atoms with Crippen LogP contribution in [0.15, 0.2) is 17.2 Å². The zero-order chi connectivity index (χ0) is 15.9. The largest absolute Gasteiger partial charge is 0.390 e. The molecule has 0 fully saturated rings. The molecule has 0 spiro atoms. The average molecular weight is 325 g/mol. The number of nitrogens with zero attached hydrogens (tertiary/aromatic N) is 5. The summed E-state index contributed by atoms with van der Waals surface area (Å²) in [5, 5.41) is 17.8. The van der Waals surface area contributed by atoms with Crippen LogP contribution in [0.2, 0.25) is 0 Å². The molecule has 1 aliphatic heterocycles. The Kier molecular flexibility index (Phi) is 3.79. The van der Waals surface area contributed by atoms with Crippen LogP contribution in [0.25, 0.3) is 0 Å². The van der Waals surface area contributed by atoms with E-state index in [2.05, 4.69) is 10.2 Å². The Hall–Kier alpha value is -1.71. The molecule has 1 aliphatic rings. The van der Waals surface area contributed by atoms with Gasteiger partial charge in [-0.05, 0) is 25.5 Å². The summed E-state index contributed by atoms with van der Waals surface area (Å²) in [5.41, 5.74) is 2.03. The molecule has 0 saturated heterocycles. The highest BCUT2D eigenvalue weighted by Crippen LogP contribution is 2.22. The number of rotatable bonds is 3. The SMILES string of the molecule is Cc1cc(S(=O)(=O)N2CCCn3nc(CO)cc3C2)n(C)n1. The van der Waals surface area contributed by atoms with Gasteiger partial charge in [0.05, 0.1) is 30.2 Å². The Morgan fingerprint density at radius 1 is 1.27 bits per heavy atom. The van der Waals surface area contributed by atoms with E-state index >= 15 is 0 Å². The van der Waals surface area contributed by atoms with Crippen molar-refractivity contribution in [2.75, 3.05) is 6.54 Å². The zero-order valence-electron chi connectivity index (χ0n) is 12.6. The quantitative estimate of drug-likeness (QED) is 0.858. The molecular formula is C13H19N5O3S.